The van der Waals surface area contributed by atoms with Gasteiger partial charge in [0.2, 0.25) is 0 Å². The molecule has 0 amide bonds. The lowest BCUT2D eigenvalue weighted by Gasteiger charge is -1.69. The molecule has 0 radical (unpaired) electrons. The van der Waals surface area contributed by atoms with Crippen LogP contribution in [0.4, 0.5) is 0 Å². The average molecular weight is 264 g/mol. The van der Waals surface area contributed by atoms with Gasteiger partial charge in [0.15, 0.2) is 0 Å². The third-order valence-corrected chi connectivity index (χ3v) is 1.32. The molecule has 0 nitrogen and oxygen atoms in total. The van der Waals surface area contributed by atoms with Crippen molar-refractivity contribution in [2.24, 2.45) is 0 Å². The minimum Gasteiger partial charge on any atom is -0.0808 e. The zero-order chi connectivity index (χ0) is 15.8. The lowest BCUT2D eigenvalue weighted by Crippen LogP contribution is -1.47. The molecule has 0 unspecified atom stereocenters. The van der Waals surface area contributed by atoms with Crippen LogP contribution in [0.1, 0.15) is 61.8 Å². The molecule has 19 heavy (non-hydrogen) atoms. The predicted octanol–water partition coefficient (Wildman–Crippen LogP) is 7.29. The van der Waals surface area contributed by atoms with Gasteiger partial charge < -0.3 is 0 Å². The SMILES string of the molecule is C1=CCC=C1.CC.CC.CC.CC.c1ccccc1. The molecule has 0 saturated carbocycles. The molecule has 112 valence electrons. The van der Waals surface area contributed by atoms with Crippen LogP contribution >= 0.6 is 0 Å². The molecule has 0 atom stereocenters. The van der Waals surface area contributed by atoms with Gasteiger partial charge in [0.05, 0.1) is 0 Å². The number of hydrogen-bond acceptors (Lipinski definition) is 0. The molecule has 1 aliphatic carbocycles. The molecule has 0 saturated heterocycles. The highest BCUT2D eigenvalue weighted by molar-refractivity contribution is 5.12. The Morgan fingerprint density at radius 2 is 0.632 bits per heavy atom. The van der Waals surface area contributed by atoms with Gasteiger partial charge in [0.25, 0.3) is 0 Å². The maximum absolute atomic E-state index is 2.12. The number of benzene rings is 1. The molecule has 0 N–H and O–H groups in total. The molecule has 2 rings (SSSR count). The highest BCUT2D eigenvalue weighted by Crippen LogP contribution is 1.93. The monoisotopic (exact) mass is 264 g/mol. The summed E-state index contributed by atoms with van der Waals surface area (Å²) in [5.41, 5.74) is 0. The van der Waals surface area contributed by atoms with Crippen LogP contribution in [0.5, 0.6) is 0 Å². The highest BCUT2D eigenvalue weighted by Gasteiger charge is 1.72. The quantitative estimate of drug-likeness (QED) is 0.461. The van der Waals surface area contributed by atoms with Gasteiger partial charge in [-0.25, -0.2) is 0 Å². The van der Waals surface area contributed by atoms with Crippen molar-refractivity contribution in [3.05, 3.63) is 60.7 Å². The van der Waals surface area contributed by atoms with Gasteiger partial charge in [-0.15, -0.1) is 0 Å². The van der Waals surface area contributed by atoms with Crippen molar-refractivity contribution in [1.29, 1.82) is 0 Å². The topological polar surface area (TPSA) is 0 Å². The summed E-state index contributed by atoms with van der Waals surface area (Å²) >= 11 is 0. The Morgan fingerprint density at radius 1 is 0.421 bits per heavy atom. The first-order valence-electron chi connectivity index (χ1n) is 7.82. The molecule has 0 bridgehead atoms. The van der Waals surface area contributed by atoms with Crippen molar-refractivity contribution < 1.29 is 0 Å². The highest BCUT2D eigenvalue weighted by atomic mass is 13.8. The van der Waals surface area contributed by atoms with E-state index in [1.807, 2.05) is 91.8 Å². The fraction of sp³-hybridized carbons (Fsp3) is 0.474. The first-order valence-corrected chi connectivity index (χ1v) is 7.82. The minimum absolute atomic E-state index is 1.14. The Hall–Kier alpha value is -1.30. The molecular formula is C19H36. The van der Waals surface area contributed by atoms with E-state index in [1.165, 1.54) is 0 Å². The molecule has 1 aromatic carbocycles. The van der Waals surface area contributed by atoms with E-state index in [-0.39, 0.29) is 0 Å². The van der Waals surface area contributed by atoms with Crippen molar-refractivity contribution >= 4 is 0 Å². The van der Waals surface area contributed by atoms with Crippen LogP contribution in [0, 0.1) is 0 Å². The fourth-order valence-corrected chi connectivity index (χ4v) is 0.778. The second-order valence-corrected chi connectivity index (χ2v) is 2.25. The summed E-state index contributed by atoms with van der Waals surface area (Å²) in [6.07, 6.45) is 9.50. The smallest absolute Gasteiger partial charge is 0.0163 e. The second kappa shape index (κ2) is 43.7. The third-order valence-electron chi connectivity index (χ3n) is 1.32. The molecular weight excluding hydrogens is 228 g/mol. The molecule has 0 aromatic heterocycles. The lowest BCUT2D eigenvalue weighted by molar-refractivity contribution is 1.45. The van der Waals surface area contributed by atoms with Gasteiger partial charge in [0.1, 0.15) is 0 Å². The number of rotatable bonds is 0. The lowest BCUT2D eigenvalue weighted by atomic mass is 10.4. The Morgan fingerprint density at radius 3 is 0.737 bits per heavy atom. The molecule has 0 heteroatoms. The van der Waals surface area contributed by atoms with E-state index in [9.17, 15) is 0 Å². The van der Waals surface area contributed by atoms with Crippen LogP contribution < -0.4 is 0 Å². The summed E-state index contributed by atoms with van der Waals surface area (Å²) in [6.45, 7) is 16.0. The molecule has 0 aliphatic heterocycles. The Bertz CT molecular complexity index is 182. The van der Waals surface area contributed by atoms with Gasteiger partial charge in [-0.05, 0) is 6.42 Å². The van der Waals surface area contributed by atoms with Crippen LogP contribution in [0.25, 0.3) is 0 Å². The minimum atomic E-state index is 1.14. The van der Waals surface area contributed by atoms with E-state index in [0.29, 0.717) is 0 Å². The Kier molecular flexibility index (Phi) is 60.6. The summed E-state index contributed by atoms with van der Waals surface area (Å²) in [4.78, 5) is 0. The van der Waals surface area contributed by atoms with Crippen LogP contribution in [-0.4, -0.2) is 0 Å². The van der Waals surface area contributed by atoms with Crippen molar-refractivity contribution in [2.75, 3.05) is 0 Å². The van der Waals surface area contributed by atoms with Gasteiger partial charge in [-0.2, -0.15) is 0 Å². The summed E-state index contributed by atoms with van der Waals surface area (Å²) in [6, 6.07) is 12.0. The average Bonchev–Trinajstić information content (AvgIpc) is 3.16. The summed E-state index contributed by atoms with van der Waals surface area (Å²) < 4.78 is 0. The standard InChI is InChI=1S/C6H6.C5H6.4C2H6/c1-2-4-6-5-3-1;1-2-4-5-3-1;4*1-2/h1-6H;1-4H,5H2;4*1-2H3. The van der Waals surface area contributed by atoms with E-state index in [4.69, 9.17) is 0 Å². The van der Waals surface area contributed by atoms with E-state index in [0.717, 1.165) is 6.42 Å². The van der Waals surface area contributed by atoms with Crippen molar-refractivity contribution in [3.63, 3.8) is 0 Å². The molecule has 0 spiro atoms. The molecule has 1 aromatic rings. The van der Waals surface area contributed by atoms with E-state index >= 15 is 0 Å². The van der Waals surface area contributed by atoms with Crippen molar-refractivity contribution in [3.8, 4) is 0 Å². The molecule has 0 heterocycles. The van der Waals surface area contributed by atoms with Gasteiger partial charge in [-0.3, -0.25) is 0 Å². The fourth-order valence-electron chi connectivity index (χ4n) is 0.778. The predicted molar refractivity (Wildman–Crippen MR) is 94.7 cm³/mol. The molecule has 1 aliphatic rings. The van der Waals surface area contributed by atoms with E-state index in [1.54, 1.807) is 0 Å². The maximum atomic E-state index is 2.12. The second-order valence-electron chi connectivity index (χ2n) is 2.25. The van der Waals surface area contributed by atoms with Gasteiger partial charge >= 0.3 is 0 Å². The van der Waals surface area contributed by atoms with E-state index in [2.05, 4.69) is 24.3 Å². The van der Waals surface area contributed by atoms with Gasteiger partial charge in [-0.1, -0.05) is 116 Å². The first kappa shape index (κ1) is 26.3. The normalized spacial score (nSPS) is 8.42. The van der Waals surface area contributed by atoms with Crippen molar-refractivity contribution in [1.82, 2.24) is 0 Å². The Labute approximate surface area is 123 Å². The largest absolute Gasteiger partial charge is 0.0808 e. The summed E-state index contributed by atoms with van der Waals surface area (Å²) in [5.74, 6) is 0. The van der Waals surface area contributed by atoms with Crippen LogP contribution in [0.3, 0.4) is 0 Å². The third kappa shape index (κ3) is 38.4. The summed E-state index contributed by atoms with van der Waals surface area (Å²) in [7, 11) is 0. The number of allylic oxidation sites excluding steroid dienone is 4. The Balaban J connectivity index is -0.0000000790. The molecule has 0 fully saturated rings. The number of hydrogen-bond donors (Lipinski definition) is 0. The van der Waals surface area contributed by atoms with E-state index < -0.39 is 0 Å². The van der Waals surface area contributed by atoms with Crippen LogP contribution in [0.2, 0.25) is 0 Å². The van der Waals surface area contributed by atoms with Crippen LogP contribution in [-0.2, 0) is 0 Å². The zero-order valence-corrected chi connectivity index (χ0v) is 14.5. The maximum Gasteiger partial charge on any atom is -0.0163 e. The van der Waals surface area contributed by atoms with Crippen molar-refractivity contribution in [2.45, 2.75) is 61.8 Å². The van der Waals surface area contributed by atoms with Gasteiger partial charge in [0, 0.05) is 0 Å². The summed E-state index contributed by atoms with van der Waals surface area (Å²) in [5, 5.41) is 0. The van der Waals surface area contributed by atoms with Crippen LogP contribution in [0.15, 0.2) is 60.7 Å². The zero-order valence-electron chi connectivity index (χ0n) is 14.5. The first-order chi connectivity index (χ1) is 9.50.